The van der Waals surface area contributed by atoms with Gasteiger partial charge in [0.15, 0.2) is 0 Å². The van der Waals surface area contributed by atoms with E-state index in [1.54, 1.807) is 30.8 Å². The largest absolute Gasteiger partial charge is 0.397 e. The highest BCUT2D eigenvalue weighted by molar-refractivity contribution is 7.99. The van der Waals surface area contributed by atoms with Crippen LogP contribution in [0.3, 0.4) is 0 Å². The molecule has 1 aromatic carbocycles. The first-order chi connectivity index (χ1) is 9.60. The van der Waals surface area contributed by atoms with Crippen molar-refractivity contribution in [1.82, 2.24) is 5.16 Å². The zero-order chi connectivity index (χ0) is 14.5. The van der Waals surface area contributed by atoms with Gasteiger partial charge in [0, 0.05) is 11.0 Å². The lowest BCUT2D eigenvalue weighted by Crippen LogP contribution is -2.12. The number of nitrogens with zero attached hydrogens (tertiary/aromatic N) is 1. The second-order valence-electron chi connectivity index (χ2n) is 4.38. The number of carbonyl (C=O) groups is 1. The Morgan fingerprint density at radius 2 is 2.25 bits per heavy atom. The Kier molecular flexibility index (Phi) is 4.68. The van der Waals surface area contributed by atoms with E-state index in [4.69, 9.17) is 10.3 Å². The number of nitrogen functional groups attached to an aromatic ring is 1. The van der Waals surface area contributed by atoms with Gasteiger partial charge in [-0.3, -0.25) is 4.79 Å². The van der Waals surface area contributed by atoms with Crippen LogP contribution in [0.25, 0.3) is 0 Å². The fraction of sp³-hybridized carbons (Fsp3) is 0.286. The first kappa shape index (κ1) is 14.5. The number of hydrogen-bond acceptors (Lipinski definition) is 5. The predicted octanol–water partition coefficient (Wildman–Crippen LogP) is 3.32. The Hall–Kier alpha value is -1.95. The molecule has 0 spiro atoms. The van der Waals surface area contributed by atoms with Crippen LogP contribution in [0, 0.1) is 6.92 Å². The molecule has 1 aromatic heterocycles. The molecule has 2 aromatic rings. The van der Waals surface area contributed by atoms with E-state index in [1.165, 1.54) is 0 Å². The number of rotatable bonds is 5. The summed E-state index contributed by atoms with van der Waals surface area (Å²) in [4.78, 5) is 13.1. The molecule has 20 heavy (non-hydrogen) atoms. The van der Waals surface area contributed by atoms with Gasteiger partial charge in [0.1, 0.15) is 0 Å². The molecule has 0 unspecified atom stereocenters. The van der Waals surface area contributed by atoms with Crippen molar-refractivity contribution in [2.24, 2.45) is 0 Å². The highest BCUT2D eigenvalue weighted by Gasteiger charge is 2.13. The third-order valence-corrected chi connectivity index (χ3v) is 3.80. The van der Waals surface area contributed by atoms with E-state index in [0.717, 1.165) is 17.1 Å². The molecule has 6 heteroatoms. The van der Waals surface area contributed by atoms with Crippen LogP contribution in [-0.4, -0.2) is 16.8 Å². The lowest BCUT2D eigenvalue weighted by Gasteiger charge is -2.09. The van der Waals surface area contributed by atoms with Crippen LogP contribution in [0.5, 0.6) is 0 Å². The summed E-state index contributed by atoms with van der Waals surface area (Å²) in [5.41, 5.74) is 7.65. The van der Waals surface area contributed by atoms with Crippen molar-refractivity contribution in [3.63, 3.8) is 0 Å². The van der Waals surface area contributed by atoms with E-state index < -0.39 is 0 Å². The second-order valence-corrected chi connectivity index (χ2v) is 5.55. The molecule has 0 atom stereocenters. The topological polar surface area (TPSA) is 81.1 Å². The highest BCUT2D eigenvalue weighted by atomic mass is 32.2. The fourth-order valence-electron chi connectivity index (χ4n) is 1.61. The van der Waals surface area contributed by atoms with Crippen LogP contribution in [-0.2, 0) is 0 Å². The monoisotopic (exact) mass is 291 g/mol. The van der Waals surface area contributed by atoms with Crippen molar-refractivity contribution < 1.29 is 9.32 Å². The van der Waals surface area contributed by atoms with Crippen molar-refractivity contribution in [3.05, 3.63) is 35.7 Å². The Morgan fingerprint density at radius 3 is 2.90 bits per heavy atom. The molecule has 106 valence electrons. The lowest BCUT2D eigenvalue weighted by atomic mass is 10.2. The number of aryl methyl sites for hydroxylation is 1. The number of nitrogens with one attached hydrogen (secondary N) is 1. The molecule has 0 saturated carbocycles. The molecule has 1 heterocycles. The van der Waals surface area contributed by atoms with E-state index in [-0.39, 0.29) is 11.7 Å². The summed E-state index contributed by atoms with van der Waals surface area (Å²) in [7, 11) is 0. The molecule has 0 bridgehead atoms. The van der Waals surface area contributed by atoms with Gasteiger partial charge in [0.25, 0.3) is 5.91 Å². The van der Waals surface area contributed by atoms with Gasteiger partial charge in [-0.2, -0.15) is 0 Å². The van der Waals surface area contributed by atoms with Crippen LogP contribution < -0.4 is 11.1 Å². The molecule has 0 radical (unpaired) electrons. The minimum absolute atomic E-state index is 0.175. The second kappa shape index (κ2) is 6.47. The quantitative estimate of drug-likeness (QED) is 0.652. The van der Waals surface area contributed by atoms with Gasteiger partial charge < -0.3 is 15.6 Å². The summed E-state index contributed by atoms with van der Waals surface area (Å²) in [6, 6.07) is 7.20. The van der Waals surface area contributed by atoms with Crippen molar-refractivity contribution in [2.45, 2.75) is 25.2 Å². The molecule has 0 aliphatic heterocycles. The maximum absolute atomic E-state index is 12.0. The zero-order valence-electron chi connectivity index (χ0n) is 11.5. The Bertz CT molecular complexity index is 610. The summed E-state index contributed by atoms with van der Waals surface area (Å²) in [5, 5.41) is 6.43. The van der Waals surface area contributed by atoms with Crippen molar-refractivity contribution in [3.8, 4) is 0 Å². The Balaban J connectivity index is 2.13. The minimum Gasteiger partial charge on any atom is -0.397 e. The molecular weight excluding hydrogens is 274 g/mol. The normalized spacial score (nSPS) is 10.5. The van der Waals surface area contributed by atoms with Crippen molar-refractivity contribution in [2.75, 3.05) is 16.8 Å². The summed E-state index contributed by atoms with van der Waals surface area (Å²) in [5.74, 6) is 0.849. The number of amides is 1. The van der Waals surface area contributed by atoms with Crippen LogP contribution in [0.1, 0.15) is 29.6 Å². The molecule has 3 N–H and O–H groups in total. The number of thioether (sulfide) groups is 1. The van der Waals surface area contributed by atoms with Gasteiger partial charge in [-0.25, -0.2) is 0 Å². The summed E-state index contributed by atoms with van der Waals surface area (Å²) in [6.45, 7) is 3.88. The van der Waals surface area contributed by atoms with Gasteiger partial charge in [-0.05, 0) is 37.3 Å². The fourth-order valence-corrected chi connectivity index (χ4v) is 2.41. The third-order valence-electron chi connectivity index (χ3n) is 2.60. The number of carbonyl (C=O) groups excluding carboxylic acids is 1. The van der Waals surface area contributed by atoms with Gasteiger partial charge >= 0.3 is 0 Å². The molecule has 0 saturated heterocycles. The predicted molar refractivity (Wildman–Crippen MR) is 81.1 cm³/mol. The van der Waals surface area contributed by atoms with Gasteiger partial charge in [0.05, 0.1) is 17.1 Å². The van der Waals surface area contributed by atoms with Gasteiger partial charge in [-0.1, -0.05) is 12.1 Å². The average Bonchev–Trinajstić information content (AvgIpc) is 2.86. The molecule has 0 aliphatic rings. The summed E-state index contributed by atoms with van der Waals surface area (Å²) >= 11 is 1.73. The molecule has 0 fully saturated rings. The van der Waals surface area contributed by atoms with Crippen molar-refractivity contribution >= 4 is 29.0 Å². The maximum atomic E-state index is 12.0. The standard InChI is InChI=1S/C14H17N3O2S/c1-3-6-20-10-4-5-11(15)12(8-10)16-14(18)13-7-9(2)17-19-13/h4-5,7-8H,3,6,15H2,1-2H3,(H,16,18). The maximum Gasteiger partial charge on any atom is 0.294 e. The SMILES string of the molecule is CCCSc1ccc(N)c(NC(=O)c2cc(C)no2)c1. The number of aromatic nitrogens is 1. The zero-order valence-corrected chi connectivity index (χ0v) is 12.3. The van der Waals surface area contributed by atoms with Gasteiger partial charge in [0.2, 0.25) is 5.76 Å². The summed E-state index contributed by atoms with van der Waals surface area (Å²) < 4.78 is 4.93. The first-order valence-corrected chi connectivity index (χ1v) is 7.35. The Labute approximate surface area is 121 Å². The van der Waals surface area contributed by atoms with Crippen molar-refractivity contribution in [1.29, 1.82) is 0 Å². The minimum atomic E-state index is -0.352. The number of hydrogen-bond donors (Lipinski definition) is 2. The summed E-state index contributed by atoms with van der Waals surface area (Å²) in [6.07, 6.45) is 1.09. The smallest absolute Gasteiger partial charge is 0.294 e. The number of nitrogens with two attached hydrogens (primary N) is 1. The average molecular weight is 291 g/mol. The number of anilines is 2. The third kappa shape index (κ3) is 3.54. The Morgan fingerprint density at radius 1 is 1.45 bits per heavy atom. The lowest BCUT2D eigenvalue weighted by molar-refractivity contribution is 0.0988. The molecule has 1 amide bonds. The van der Waals surface area contributed by atoms with E-state index in [0.29, 0.717) is 17.1 Å². The van der Waals surface area contributed by atoms with E-state index >= 15 is 0 Å². The molecule has 0 aliphatic carbocycles. The van der Waals surface area contributed by atoms with Gasteiger partial charge in [-0.15, -0.1) is 11.8 Å². The van der Waals surface area contributed by atoms with Crippen LogP contribution in [0.4, 0.5) is 11.4 Å². The first-order valence-electron chi connectivity index (χ1n) is 6.37. The highest BCUT2D eigenvalue weighted by Crippen LogP contribution is 2.27. The molecule has 2 rings (SSSR count). The number of benzene rings is 1. The van der Waals surface area contributed by atoms with Crippen LogP contribution >= 0.6 is 11.8 Å². The van der Waals surface area contributed by atoms with E-state index in [2.05, 4.69) is 17.4 Å². The van der Waals surface area contributed by atoms with E-state index in [1.807, 2.05) is 12.1 Å². The van der Waals surface area contributed by atoms with E-state index in [9.17, 15) is 4.79 Å². The molecular formula is C14H17N3O2S. The van der Waals surface area contributed by atoms with Crippen LogP contribution in [0.2, 0.25) is 0 Å². The van der Waals surface area contributed by atoms with Crippen LogP contribution in [0.15, 0.2) is 33.7 Å². The molecule has 5 nitrogen and oxygen atoms in total.